The number of carbonyl (C=O) groups excluding carboxylic acids is 1. The summed E-state index contributed by atoms with van der Waals surface area (Å²) in [7, 11) is -1.84. The summed E-state index contributed by atoms with van der Waals surface area (Å²) in [5, 5.41) is 3.42. The Bertz CT molecular complexity index is 1310. The van der Waals surface area contributed by atoms with E-state index in [1.54, 1.807) is 46.9 Å². The minimum absolute atomic E-state index is 0.0763. The van der Waals surface area contributed by atoms with Crippen molar-refractivity contribution in [1.29, 1.82) is 0 Å². The highest BCUT2D eigenvalue weighted by Gasteiger charge is 2.36. The molecule has 3 rings (SSSR count). The van der Waals surface area contributed by atoms with E-state index < -0.39 is 33.3 Å². The summed E-state index contributed by atoms with van der Waals surface area (Å²) in [5.41, 5.74) is -0.314. The van der Waals surface area contributed by atoms with Gasteiger partial charge >= 0.3 is 12.3 Å². The molecule has 2 aromatic rings. The molecule has 12 heteroatoms. The molecule has 0 unspecified atom stereocenters. The van der Waals surface area contributed by atoms with Crippen LogP contribution in [0, 0.1) is 0 Å². The van der Waals surface area contributed by atoms with Gasteiger partial charge < -0.3 is 15.0 Å². The number of hydrogen-bond acceptors (Lipinski definition) is 6. The van der Waals surface area contributed by atoms with Crippen molar-refractivity contribution in [1.82, 2.24) is 15.1 Å². The number of amides is 1. The zero-order valence-corrected chi connectivity index (χ0v) is 25.0. The average molecular weight is 604 g/mol. The van der Waals surface area contributed by atoms with Gasteiger partial charge in [-0.3, -0.25) is 4.90 Å². The number of rotatable bonds is 9. The Balaban J connectivity index is 1.68. The number of likely N-dealkylation sites (N-methyl/N-ethyl adjacent to an activating group) is 1. The lowest BCUT2D eigenvalue weighted by Gasteiger charge is -2.28. The van der Waals surface area contributed by atoms with Crippen molar-refractivity contribution in [2.24, 2.45) is 0 Å². The molecular formula is C28H37ClF3N3O4S. The first-order valence-corrected chi connectivity index (χ1v) is 15.1. The van der Waals surface area contributed by atoms with Crippen LogP contribution in [0.25, 0.3) is 0 Å². The number of benzene rings is 2. The minimum Gasteiger partial charge on any atom is -0.444 e. The van der Waals surface area contributed by atoms with Crippen molar-refractivity contribution in [2.75, 3.05) is 25.9 Å². The van der Waals surface area contributed by atoms with Crippen molar-refractivity contribution in [2.45, 2.75) is 76.5 Å². The van der Waals surface area contributed by atoms with Crippen molar-refractivity contribution in [3.8, 4) is 0 Å². The van der Waals surface area contributed by atoms with E-state index in [4.69, 9.17) is 16.3 Å². The molecule has 0 aromatic heterocycles. The highest BCUT2D eigenvalue weighted by molar-refractivity contribution is 7.91. The van der Waals surface area contributed by atoms with E-state index in [2.05, 4.69) is 5.32 Å². The second-order valence-electron chi connectivity index (χ2n) is 11.0. The van der Waals surface area contributed by atoms with Gasteiger partial charge in [-0.1, -0.05) is 30.7 Å². The maximum atomic E-state index is 14.0. The van der Waals surface area contributed by atoms with Gasteiger partial charge in [-0.05, 0) is 68.1 Å². The van der Waals surface area contributed by atoms with Gasteiger partial charge in [0.2, 0.25) is 0 Å². The molecule has 222 valence electrons. The van der Waals surface area contributed by atoms with E-state index in [0.717, 1.165) is 6.07 Å². The molecule has 1 saturated heterocycles. The first kappa shape index (κ1) is 32.2. The van der Waals surface area contributed by atoms with Gasteiger partial charge in [0.05, 0.1) is 16.2 Å². The highest BCUT2D eigenvalue weighted by atomic mass is 35.5. The Hall–Kier alpha value is -2.34. The van der Waals surface area contributed by atoms with Gasteiger partial charge in [-0.25, -0.2) is 13.2 Å². The van der Waals surface area contributed by atoms with Crippen LogP contribution in [0.3, 0.4) is 0 Å². The fraction of sp³-hybridized carbons (Fsp3) is 0.536. The molecule has 7 nitrogen and oxygen atoms in total. The number of nitrogens with one attached hydrogen (secondary N) is 1. The second kappa shape index (κ2) is 12.7. The molecule has 1 fully saturated rings. The van der Waals surface area contributed by atoms with Crippen LogP contribution in [-0.2, 0) is 40.4 Å². The number of hydrogen-bond donors (Lipinski definition) is 1. The number of sulfone groups is 1. The van der Waals surface area contributed by atoms with E-state index in [1.807, 2.05) is 4.90 Å². The Kier molecular flexibility index (Phi) is 10.2. The lowest BCUT2D eigenvalue weighted by atomic mass is 10.0. The number of alkyl halides is 3. The van der Waals surface area contributed by atoms with Gasteiger partial charge in [0, 0.05) is 50.8 Å². The van der Waals surface area contributed by atoms with E-state index in [9.17, 15) is 26.4 Å². The number of likely N-dealkylation sites (tertiary alicyclic amines) is 1. The highest BCUT2D eigenvalue weighted by Crippen LogP contribution is 2.34. The molecule has 0 spiro atoms. The Labute approximate surface area is 239 Å². The zero-order valence-electron chi connectivity index (χ0n) is 23.4. The monoisotopic (exact) mass is 603 g/mol. The lowest BCUT2D eigenvalue weighted by Crippen LogP contribution is -2.42. The van der Waals surface area contributed by atoms with Gasteiger partial charge in [0.1, 0.15) is 5.60 Å². The SMILES string of the molecule is CCS(=O)(=O)c1ccc(Cl)cc1CNCc1ccc(CN2CC[C@@H](N(C)C(=O)OC(C)(C)C)C2)c(C(F)(F)F)c1. The van der Waals surface area contributed by atoms with Crippen LogP contribution in [0.5, 0.6) is 0 Å². The topological polar surface area (TPSA) is 79.0 Å². The van der Waals surface area contributed by atoms with Crippen LogP contribution < -0.4 is 5.32 Å². The third-order valence-corrected chi connectivity index (χ3v) is 8.80. The van der Waals surface area contributed by atoms with Crippen molar-refractivity contribution in [3.05, 3.63) is 63.7 Å². The standard InChI is InChI=1S/C28H37ClF3N3O4S/c1-6-40(37,38)25-10-9-22(29)14-21(25)16-33-15-19-7-8-20(24(13-19)28(30,31)32)17-35-12-11-23(18-35)34(5)26(36)39-27(2,3)4/h7-10,13-14,23,33H,6,11-12,15-18H2,1-5H3/t23-/m1/s1. The third kappa shape index (κ3) is 8.58. The molecule has 1 aliphatic rings. The third-order valence-electron chi connectivity index (χ3n) is 6.73. The predicted molar refractivity (Wildman–Crippen MR) is 149 cm³/mol. The molecule has 1 atom stereocenters. The van der Waals surface area contributed by atoms with Gasteiger partial charge in [0.25, 0.3) is 0 Å². The minimum atomic E-state index is -4.55. The summed E-state index contributed by atoms with van der Waals surface area (Å²) in [5.74, 6) is -0.0763. The van der Waals surface area contributed by atoms with E-state index in [-0.39, 0.29) is 41.9 Å². The first-order chi connectivity index (χ1) is 18.5. The fourth-order valence-electron chi connectivity index (χ4n) is 4.62. The normalized spacial score (nSPS) is 16.8. The van der Waals surface area contributed by atoms with Crippen LogP contribution in [0.15, 0.2) is 41.3 Å². The Morgan fingerprint density at radius 2 is 1.82 bits per heavy atom. The molecule has 2 aromatic carbocycles. The first-order valence-electron chi connectivity index (χ1n) is 13.1. The Morgan fingerprint density at radius 1 is 1.12 bits per heavy atom. The maximum Gasteiger partial charge on any atom is 0.416 e. The van der Waals surface area contributed by atoms with Gasteiger partial charge in [0.15, 0.2) is 9.84 Å². The Morgan fingerprint density at radius 3 is 2.45 bits per heavy atom. The molecule has 1 aliphatic heterocycles. The number of carbonyl (C=O) groups is 1. The summed E-state index contributed by atoms with van der Waals surface area (Å²) in [6, 6.07) is 8.59. The van der Waals surface area contributed by atoms with Crippen LogP contribution >= 0.6 is 11.6 Å². The quantitative estimate of drug-likeness (QED) is 0.385. The summed E-state index contributed by atoms with van der Waals surface area (Å²) in [6.07, 6.45) is -4.37. The summed E-state index contributed by atoms with van der Waals surface area (Å²) >= 11 is 6.05. The number of nitrogens with zero attached hydrogens (tertiary/aromatic N) is 2. The molecule has 1 N–H and O–H groups in total. The number of halogens is 4. The lowest BCUT2D eigenvalue weighted by molar-refractivity contribution is -0.138. The molecule has 0 radical (unpaired) electrons. The number of ether oxygens (including phenoxy) is 1. The average Bonchev–Trinajstić information content (AvgIpc) is 3.31. The van der Waals surface area contributed by atoms with Gasteiger partial charge in [-0.2, -0.15) is 13.2 Å². The van der Waals surface area contributed by atoms with Crippen molar-refractivity contribution < 1.29 is 31.1 Å². The maximum absolute atomic E-state index is 14.0. The molecule has 1 heterocycles. The van der Waals surface area contributed by atoms with Crippen molar-refractivity contribution >= 4 is 27.5 Å². The zero-order chi connectivity index (χ0) is 29.9. The van der Waals surface area contributed by atoms with Crippen LogP contribution in [0.4, 0.5) is 18.0 Å². The summed E-state index contributed by atoms with van der Waals surface area (Å²) in [6.45, 7) is 8.21. The van der Waals surface area contributed by atoms with E-state index in [0.29, 0.717) is 35.7 Å². The molecule has 0 bridgehead atoms. The molecule has 40 heavy (non-hydrogen) atoms. The van der Waals surface area contributed by atoms with Gasteiger partial charge in [-0.15, -0.1) is 0 Å². The molecule has 0 aliphatic carbocycles. The van der Waals surface area contributed by atoms with Crippen molar-refractivity contribution in [3.63, 3.8) is 0 Å². The van der Waals surface area contributed by atoms with E-state index in [1.165, 1.54) is 23.1 Å². The van der Waals surface area contributed by atoms with Crippen LogP contribution in [-0.4, -0.2) is 61.8 Å². The molecule has 1 amide bonds. The fourth-order valence-corrected chi connectivity index (χ4v) is 5.93. The van der Waals surface area contributed by atoms with E-state index >= 15 is 0 Å². The predicted octanol–water partition coefficient (Wildman–Crippen LogP) is 5.88. The molecular weight excluding hydrogens is 567 g/mol. The smallest absolute Gasteiger partial charge is 0.416 e. The second-order valence-corrected chi connectivity index (χ2v) is 13.7. The molecule has 0 saturated carbocycles. The summed E-state index contributed by atoms with van der Waals surface area (Å²) < 4.78 is 72.4. The largest absolute Gasteiger partial charge is 0.444 e. The van der Waals surface area contributed by atoms with Crippen LogP contribution in [0.1, 0.15) is 56.4 Å². The summed E-state index contributed by atoms with van der Waals surface area (Å²) in [4.78, 5) is 16.0. The van der Waals surface area contributed by atoms with Crippen LogP contribution in [0.2, 0.25) is 5.02 Å².